The van der Waals surface area contributed by atoms with E-state index in [0.29, 0.717) is 6.54 Å². The van der Waals surface area contributed by atoms with Crippen molar-refractivity contribution >= 4 is 0 Å². The monoisotopic (exact) mass is 128 g/mol. The lowest BCUT2D eigenvalue weighted by Gasteiger charge is -2.08. The van der Waals surface area contributed by atoms with E-state index in [0.717, 1.165) is 18.5 Å². The zero-order valence-electron chi connectivity index (χ0n) is 6.35. The summed E-state index contributed by atoms with van der Waals surface area (Å²) in [5.74, 6) is 0. The van der Waals surface area contributed by atoms with Crippen LogP contribution in [0.3, 0.4) is 0 Å². The Morgan fingerprint density at radius 1 is 1.56 bits per heavy atom. The van der Waals surface area contributed by atoms with Crippen molar-refractivity contribution in [3.05, 3.63) is 12.2 Å². The zero-order chi connectivity index (χ0) is 7.28. The predicted molar refractivity (Wildman–Crippen MR) is 41.4 cm³/mol. The molecule has 0 fully saturated rings. The Morgan fingerprint density at radius 3 is 2.44 bits per heavy atom. The van der Waals surface area contributed by atoms with Crippen LogP contribution < -0.4 is 5.73 Å². The molecule has 0 saturated carbocycles. The molecule has 0 bridgehead atoms. The highest BCUT2D eigenvalue weighted by Crippen LogP contribution is 1.94. The van der Waals surface area contributed by atoms with Crippen LogP contribution in [0.4, 0.5) is 0 Å². The molecule has 0 saturated heterocycles. The molecule has 0 atom stereocenters. The second-order valence-corrected chi connectivity index (χ2v) is 2.51. The first-order valence-electron chi connectivity index (χ1n) is 3.18. The van der Waals surface area contributed by atoms with Gasteiger partial charge in [0.2, 0.25) is 0 Å². The van der Waals surface area contributed by atoms with Crippen molar-refractivity contribution in [1.29, 1.82) is 0 Å². The molecule has 0 aromatic heterocycles. The van der Waals surface area contributed by atoms with Gasteiger partial charge in [0, 0.05) is 13.1 Å². The molecule has 0 aliphatic rings. The normalized spacial score (nSPS) is 10.2. The van der Waals surface area contributed by atoms with Gasteiger partial charge in [-0.1, -0.05) is 12.2 Å². The second kappa shape index (κ2) is 4.53. The van der Waals surface area contributed by atoms with Gasteiger partial charge in [0.05, 0.1) is 0 Å². The largest absolute Gasteiger partial charge is 0.327 e. The highest BCUT2D eigenvalue weighted by molar-refractivity contribution is 4.95. The Balaban J connectivity index is 3.17. The van der Waals surface area contributed by atoms with Crippen molar-refractivity contribution in [2.45, 2.75) is 6.42 Å². The van der Waals surface area contributed by atoms with Crippen molar-refractivity contribution in [1.82, 2.24) is 4.90 Å². The molecule has 2 nitrogen and oxygen atoms in total. The van der Waals surface area contributed by atoms with Crippen LogP contribution in [0.2, 0.25) is 0 Å². The fourth-order valence-electron chi connectivity index (χ4n) is 0.484. The maximum atomic E-state index is 5.34. The summed E-state index contributed by atoms with van der Waals surface area (Å²) >= 11 is 0. The van der Waals surface area contributed by atoms with Crippen molar-refractivity contribution in [3.8, 4) is 0 Å². The highest BCUT2D eigenvalue weighted by Gasteiger charge is 1.91. The molecule has 0 aromatic carbocycles. The van der Waals surface area contributed by atoms with Crippen LogP contribution in [0, 0.1) is 0 Å². The molecule has 0 heterocycles. The molecule has 0 aliphatic heterocycles. The van der Waals surface area contributed by atoms with Crippen molar-refractivity contribution in [2.24, 2.45) is 5.73 Å². The molecule has 2 heteroatoms. The smallest absolute Gasteiger partial charge is 0.0134 e. The Labute approximate surface area is 57.3 Å². The summed E-state index contributed by atoms with van der Waals surface area (Å²) < 4.78 is 0. The van der Waals surface area contributed by atoms with Crippen molar-refractivity contribution in [3.63, 3.8) is 0 Å². The number of hydrogen-bond acceptors (Lipinski definition) is 2. The van der Waals surface area contributed by atoms with E-state index in [4.69, 9.17) is 5.73 Å². The average Bonchev–Trinajstić information content (AvgIpc) is 1.83. The standard InChI is InChI=1S/C7H16N2/c1-7(6-8)4-5-9(2)3/h1,4-6,8H2,2-3H3. The molecule has 54 valence electrons. The third-order valence-electron chi connectivity index (χ3n) is 1.20. The summed E-state index contributed by atoms with van der Waals surface area (Å²) in [4.78, 5) is 2.13. The zero-order valence-corrected chi connectivity index (χ0v) is 6.35. The third kappa shape index (κ3) is 5.53. The van der Waals surface area contributed by atoms with Gasteiger partial charge in [-0.05, 0) is 20.5 Å². The van der Waals surface area contributed by atoms with Crippen LogP contribution in [0.25, 0.3) is 0 Å². The van der Waals surface area contributed by atoms with Crippen LogP contribution in [0.15, 0.2) is 12.2 Å². The van der Waals surface area contributed by atoms with Gasteiger partial charge in [-0.25, -0.2) is 0 Å². The molecule has 0 rings (SSSR count). The summed E-state index contributed by atoms with van der Waals surface area (Å²) in [6, 6.07) is 0. The summed E-state index contributed by atoms with van der Waals surface area (Å²) in [5, 5.41) is 0. The molecule has 0 aliphatic carbocycles. The lowest BCUT2D eigenvalue weighted by molar-refractivity contribution is 0.412. The summed E-state index contributed by atoms with van der Waals surface area (Å²) in [6.45, 7) is 5.46. The van der Waals surface area contributed by atoms with Crippen LogP contribution in [0.5, 0.6) is 0 Å². The average molecular weight is 128 g/mol. The SMILES string of the molecule is C=C(CN)CCN(C)C. The van der Waals surface area contributed by atoms with E-state index in [1.165, 1.54) is 0 Å². The minimum absolute atomic E-state index is 0.619. The van der Waals surface area contributed by atoms with Gasteiger partial charge in [-0.2, -0.15) is 0 Å². The second-order valence-electron chi connectivity index (χ2n) is 2.51. The third-order valence-corrected chi connectivity index (χ3v) is 1.20. The number of hydrogen-bond donors (Lipinski definition) is 1. The Hall–Kier alpha value is -0.340. The first-order valence-corrected chi connectivity index (χ1v) is 3.18. The van der Waals surface area contributed by atoms with E-state index in [1.807, 2.05) is 14.1 Å². The van der Waals surface area contributed by atoms with Crippen molar-refractivity contribution < 1.29 is 0 Å². The van der Waals surface area contributed by atoms with Crippen LogP contribution in [-0.4, -0.2) is 32.1 Å². The van der Waals surface area contributed by atoms with E-state index < -0.39 is 0 Å². The lowest BCUT2D eigenvalue weighted by atomic mass is 10.2. The maximum absolute atomic E-state index is 5.34. The van der Waals surface area contributed by atoms with E-state index in [1.54, 1.807) is 0 Å². The predicted octanol–water partition coefficient (Wildman–Crippen LogP) is 0.453. The Kier molecular flexibility index (Phi) is 4.36. The minimum atomic E-state index is 0.619. The van der Waals surface area contributed by atoms with Crippen LogP contribution in [-0.2, 0) is 0 Å². The molecular formula is C7H16N2. The minimum Gasteiger partial charge on any atom is -0.327 e. The number of rotatable bonds is 4. The summed E-state index contributed by atoms with van der Waals surface area (Å²) in [6.07, 6.45) is 1.02. The van der Waals surface area contributed by atoms with Gasteiger partial charge >= 0.3 is 0 Å². The molecule has 0 aromatic rings. The van der Waals surface area contributed by atoms with E-state index in [2.05, 4.69) is 11.5 Å². The summed E-state index contributed by atoms with van der Waals surface area (Å²) in [5.41, 5.74) is 6.47. The first kappa shape index (κ1) is 8.66. The quantitative estimate of drug-likeness (QED) is 0.557. The van der Waals surface area contributed by atoms with Gasteiger partial charge < -0.3 is 10.6 Å². The highest BCUT2D eigenvalue weighted by atomic mass is 15.0. The van der Waals surface area contributed by atoms with Crippen LogP contribution >= 0.6 is 0 Å². The number of nitrogens with zero attached hydrogens (tertiary/aromatic N) is 1. The molecule has 9 heavy (non-hydrogen) atoms. The van der Waals surface area contributed by atoms with E-state index >= 15 is 0 Å². The van der Waals surface area contributed by atoms with Crippen molar-refractivity contribution in [2.75, 3.05) is 27.2 Å². The molecule has 2 N–H and O–H groups in total. The van der Waals surface area contributed by atoms with Gasteiger partial charge in [0.25, 0.3) is 0 Å². The fraction of sp³-hybridized carbons (Fsp3) is 0.714. The lowest BCUT2D eigenvalue weighted by Crippen LogP contribution is -2.15. The molecule has 0 spiro atoms. The fourth-order valence-corrected chi connectivity index (χ4v) is 0.484. The topological polar surface area (TPSA) is 29.3 Å². The van der Waals surface area contributed by atoms with Gasteiger partial charge in [-0.15, -0.1) is 0 Å². The molecule has 0 amide bonds. The molecule has 0 radical (unpaired) electrons. The maximum Gasteiger partial charge on any atom is 0.0134 e. The molecule has 0 unspecified atom stereocenters. The number of nitrogens with two attached hydrogens (primary N) is 1. The van der Waals surface area contributed by atoms with E-state index in [-0.39, 0.29) is 0 Å². The first-order chi connectivity index (χ1) is 4.16. The van der Waals surface area contributed by atoms with Crippen LogP contribution in [0.1, 0.15) is 6.42 Å². The van der Waals surface area contributed by atoms with Gasteiger partial charge in [0.15, 0.2) is 0 Å². The van der Waals surface area contributed by atoms with Gasteiger partial charge in [-0.3, -0.25) is 0 Å². The van der Waals surface area contributed by atoms with E-state index in [9.17, 15) is 0 Å². The Bertz CT molecular complexity index is 86.9. The Morgan fingerprint density at radius 2 is 2.11 bits per heavy atom. The summed E-state index contributed by atoms with van der Waals surface area (Å²) in [7, 11) is 4.09. The molecular weight excluding hydrogens is 112 g/mol. The van der Waals surface area contributed by atoms with Gasteiger partial charge in [0.1, 0.15) is 0 Å².